The molecular weight excluding hydrogens is 183 g/mol. The molecule has 0 aliphatic rings. The highest BCUT2D eigenvalue weighted by Crippen LogP contribution is 2.14. The molecule has 13 heavy (non-hydrogen) atoms. The van der Waals surface area contributed by atoms with Gasteiger partial charge in [-0.25, -0.2) is 0 Å². The maximum atomic E-state index is 11.7. The van der Waals surface area contributed by atoms with E-state index in [1.54, 1.807) is 5.32 Å². The van der Waals surface area contributed by atoms with Gasteiger partial charge >= 0.3 is 12.1 Å². The summed E-state index contributed by atoms with van der Waals surface area (Å²) in [5.74, 6) is 0.115. The molecule has 0 bridgehead atoms. The second kappa shape index (κ2) is 4.55. The predicted octanol–water partition coefficient (Wildman–Crippen LogP) is 1.24. The number of carbonyl (C=O) groups is 1. The van der Waals surface area contributed by atoms with Gasteiger partial charge in [0.15, 0.2) is 0 Å². The van der Waals surface area contributed by atoms with Gasteiger partial charge in [-0.3, -0.25) is 4.79 Å². The van der Waals surface area contributed by atoms with Gasteiger partial charge in [-0.1, -0.05) is 6.08 Å². The summed E-state index contributed by atoms with van der Waals surface area (Å²) in [4.78, 5) is 10.4. The van der Waals surface area contributed by atoms with Crippen molar-refractivity contribution < 1.29 is 18.0 Å². The first-order valence-corrected chi connectivity index (χ1v) is 3.35. The summed E-state index contributed by atoms with van der Waals surface area (Å²) in [7, 11) is 0. The number of hydrogen-bond donors (Lipinski definition) is 1. The second-order valence-corrected chi connectivity index (χ2v) is 2.22. The van der Waals surface area contributed by atoms with Gasteiger partial charge in [0.2, 0.25) is 0 Å². The van der Waals surface area contributed by atoms with Gasteiger partial charge in [-0.05, 0) is 0 Å². The van der Waals surface area contributed by atoms with Crippen LogP contribution in [0, 0.1) is 12.3 Å². The minimum Gasteiger partial charge on any atom is -0.341 e. The van der Waals surface area contributed by atoms with Crippen molar-refractivity contribution in [3.8, 4) is 12.3 Å². The summed E-state index contributed by atoms with van der Waals surface area (Å²) in [6.07, 6.45) is 1.13. The van der Waals surface area contributed by atoms with Gasteiger partial charge in [-0.15, -0.1) is 18.9 Å². The Labute approximate surface area is 73.8 Å². The van der Waals surface area contributed by atoms with Crippen LogP contribution in [0.1, 0.15) is 6.42 Å². The lowest BCUT2D eigenvalue weighted by atomic mass is 10.2. The molecule has 1 N–H and O–H groups in total. The van der Waals surface area contributed by atoms with E-state index in [1.165, 1.54) is 0 Å². The quantitative estimate of drug-likeness (QED) is 0.527. The fourth-order valence-corrected chi connectivity index (χ4v) is 0.570. The Morgan fingerprint density at radius 2 is 2.23 bits per heavy atom. The molecule has 0 saturated heterocycles. The van der Waals surface area contributed by atoms with Crippen LogP contribution in [-0.2, 0) is 4.79 Å². The highest BCUT2D eigenvalue weighted by molar-refractivity contribution is 5.82. The van der Waals surface area contributed by atoms with E-state index < -0.39 is 18.1 Å². The van der Waals surface area contributed by atoms with E-state index in [2.05, 4.69) is 12.5 Å². The maximum Gasteiger partial charge on any atom is 0.471 e. The molecule has 2 nitrogen and oxygen atoms in total. The minimum atomic E-state index is -4.88. The molecule has 0 aliphatic carbocycles. The van der Waals surface area contributed by atoms with Crippen LogP contribution in [0.4, 0.5) is 13.2 Å². The van der Waals surface area contributed by atoms with Crippen molar-refractivity contribution in [3.63, 3.8) is 0 Å². The Morgan fingerprint density at radius 3 is 2.54 bits per heavy atom. The van der Waals surface area contributed by atoms with Gasteiger partial charge < -0.3 is 5.32 Å². The van der Waals surface area contributed by atoms with Gasteiger partial charge in [-0.2, -0.15) is 13.2 Å². The number of rotatable bonds is 3. The predicted molar refractivity (Wildman–Crippen MR) is 41.6 cm³/mol. The van der Waals surface area contributed by atoms with E-state index in [-0.39, 0.29) is 6.42 Å². The van der Waals surface area contributed by atoms with Crippen LogP contribution in [0.2, 0.25) is 0 Å². The fraction of sp³-hybridized carbons (Fsp3) is 0.375. The summed E-state index contributed by atoms with van der Waals surface area (Å²) in [6, 6.07) is -0.834. The third-order valence-electron chi connectivity index (χ3n) is 1.20. The molecular formula is C8H8F3NO. The van der Waals surface area contributed by atoms with Crippen LogP contribution >= 0.6 is 0 Å². The molecule has 5 heteroatoms. The standard InChI is InChI=1S/C8H8F3NO/c1-3-5-6(4-2)12-7(13)8(9,10)11/h1,4,6H,2,5H2,(H,12,13). The Kier molecular flexibility index (Phi) is 4.05. The van der Waals surface area contributed by atoms with Crippen molar-refractivity contribution in [2.45, 2.75) is 18.6 Å². The topological polar surface area (TPSA) is 29.1 Å². The van der Waals surface area contributed by atoms with E-state index in [1.807, 2.05) is 0 Å². The highest BCUT2D eigenvalue weighted by Gasteiger charge is 2.39. The van der Waals surface area contributed by atoms with E-state index in [4.69, 9.17) is 6.42 Å². The highest BCUT2D eigenvalue weighted by atomic mass is 19.4. The SMILES string of the molecule is C#CCC(C=C)NC(=O)C(F)(F)F. The molecule has 0 fully saturated rings. The van der Waals surface area contributed by atoms with Crippen molar-refractivity contribution >= 4 is 5.91 Å². The molecule has 72 valence electrons. The van der Waals surface area contributed by atoms with Gasteiger partial charge in [0.05, 0.1) is 6.04 Å². The first-order chi connectivity index (χ1) is 5.91. The molecule has 0 aliphatic heterocycles. The Balaban J connectivity index is 4.19. The molecule has 1 amide bonds. The van der Waals surface area contributed by atoms with E-state index in [0.29, 0.717) is 0 Å². The average Bonchev–Trinajstić information content (AvgIpc) is 2.01. The molecule has 0 saturated carbocycles. The molecule has 0 aromatic carbocycles. The number of terminal acetylenes is 1. The van der Waals surface area contributed by atoms with E-state index >= 15 is 0 Å². The Morgan fingerprint density at radius 1 is 1.69 bits per heavy atom. The lowest BCUT2D eigenvalue weighted by Crippen LogP contribution is -2.42. The summed E-state index contributed by atoms with van der Waals surface area (Å²) in [5, 5.41) is 1.68. The monoisotopic (exact) mass is 191 g/mol. The molecule has 1 unspecified atom stereocenters. The van der Waals surface area contributed by atoms with Gasteiger partial charge in [0.1, 0.15) is 0 Å². The third kappa shape index (κ3) is 4.21. The molecule has 0 heterocycles. The summed E-state index contributed by atoms with van der Waals surface area (Å²) < 4.78 is 35.1. The zero-order valence-electron chi connectivity index (χ0n) is 6.69. The summed E-state index contributed by atoms with van der Waals surface area (Å²) in [6.45, 7) is 3.24. The zero-order valence-corrected chi connectivity index (χ0v) is 6.69. The smallest absolute Gasteiger partial charge is 0.341 e. The Bertz CT molecular complexity index is 239. The first-order valence-electron chi connectivity index (χ1n) is 3.35. The largest absolute Gasteiger partial charge is 0.471 e. The number of carbonyl (C=O) groups excluding carboxylic acids is 1. The number of nitrogens with one attached hydrogen (secondary N) is 1. The number of hydrogen-bond acceptors (Lipinski definition) is 1. The van der Waals surface area contributed by atoms with Crippen molar-refractivity contribution in [2.75, 3.05) is 0 Å². The minimum absolute atomic E-state index is 0.00861. The lowest BCUT2D eigenvalue weighted by molar-refractivity contribution is -0.174. The maximum absolute atomic E-state index is 11.7. The van der Waals surface area contributed by atoms with Crippen LogP contribution in [0.3, 0.4) is 0 Å². The van der Waals surface area contributed by atoms with Gasteiger partial charge in [0, 0.05) is 6.42 Å². The fourth-order valence-electron chi connectivity index (χ4n) is 0.570. The van der Waals surface area contributed by atoms with Crippen molar-refractivity contribution in [2.24, 2.45) is 0 Å². The van der Waals surface area contributed by atoms with Crippen molar-refractivity contribution in [3.05, 3.63) is 12.7 Å². The molecule has 0 aromatic heterocycles. The van der Waals surface area contributed by atoms with Crippen LogP contribution in [0.15, 0.2) is 12.7 Å². The number of halogens is 3. The van der Waals surface area contributed by atoms with Crippen LogP contribution in [-0.4, -0.2) is 18.1 Å². The van der Waals surface area contributed by atoms with Crippen LogP contribution < -0.4 is 5.32 Å². The molecule has 0 radical (unpaired) electrons. The third-order valence-corrected chi connectivity index (χ3v) is 1.20. The van der Waals surface area contributed by atoms with Crippen molar-refractivity contribution in [1.82, 2.24) is 5.32 Å². The zero-order chi connectivity index (χ0) is 10.5. The van der Waals surface area contributed by atoms with Crippen molar-refractivity contribution in [1.29, 1.82) is 0 Å². The molecule has 0 spiro atoms. The van der Waals surface area contributed by atoms with E-state index in [9.17, 15) is 18.0 Å². The van der Waals surface area contributed by atoms with Crippen LogP contribution in [0.25, 0.3) is 0 Å². The first kappa shape index (κ1) is 11.6. The number of alkyl halides is 3. The van der Waals surface area contributed by atoms with Gasteiger partial charge in [0.25, 0.3) is 0 Å². The number of amides is 1. The summed E-state index contributed by atoms with van der Waals surface area (Å²) in [5.41, 5.74) is 0. The lowest BCUT2D eigenvalue weighted by Gasteiger charge is -2.13. The molecule has 0 aromatic rings. The van der Waals surface area contributed by atoms with E-state index in [0.717, 1.165) is 6.08 Å². The van der Waals surface area contributed by atoms with Crippen LogP contribution in [0.5, 0.6) is 0 Å². The Hall–Kier alpha value is -1.44. The molecule has 1 atom stereocenters. The normalized spacial score (nSPS) is 12.8. The molecule has 0 rings (SSSR count). The second-order valence-electron chi connectivity index (χ2n) is 2.22. The average molecular weight is 191 g/mol. The summed E-state index contributed by atoms with van der Waals surface area (Å²) >= 11 is 0.